The van der Waals surface area contributed by atoms with Gasteiger partial charge in [-0.3, -0.25) is 9.69 Å². The van der Waals surface area contributed by atoms with E-state index in [0.717, 1.165) is 22.6 Å². The van der Waals surface area contributed by atoms with Crippen LogP contribution in [0.15, 0.2) is 66.7 Å². The summed E-state index contributed by atoms with van der Waals surface area (Å²) in [5, 5.41) is 0. The third kappa shape index (κ3) is 2.22. The summed E-state index contributed by atoms with van der Waals surface area (Å²) in [6.45, 7) is 3.68. The van der Waals surface area contributed by atoms with Crippen LogP contribution in [0.4, 0.5) is 17.1 Å². The second-order valence-corrected chi connectivity index (χ2v) is 8.27. The highest BCUT2D eigenvalue weighted by Crippen LogP contribution is 2.56. The molecule has 5 aliphatic rings. The largest absolute Gasteiger partial charge is 0.345 e. The maximum Gasteiger partial charge on any atom is 0.228 e. The molecule has 1 aliphatic carbocycles. The van der Waals surface area contributed by atoms with Gasteiger partial charge in [0.1, 0.15) is 6.10 Å². The molecule has 0 fully saturated rings. The van der Waals surface area contributed by atoms with Gasteiger partial charge < -0.3 is 9.64 Å². The van der Waals surface area contributed by atoms with Crippen LogP contribution in [0.3, 0.4) is 0 Å². The van der Waals surface area contributed by atoms with E-state index in [9.17, 15) is 4.79 Å². The molecule has 1 amide bonds. The van der Waals surface area contributed by atoms with E-state index in [-0.39, 0.29) is 18.2 Å². The van der Waals surface area contributed by atoms with E-state index in [4.69, 9.17) is 4.74 Å². The third-order valence-electron chi connectivity index (χ3n) is 6.46. The zero-order valence-corrected chi connectivity index (χ0v) is 17.2. The normalized spacial score (nSPS) is 20.0. The minimum atomic E-state index is -0.212. The highest BCUT2D eigenvalue weighted by atomic mass is 16.5. The van der Waals surface area contributed by atoms with Crippen LogP contribution in [-0.4, -0.2) is 19.2 Å². The lowest BCUT2D eigenvalue weighted by molar-refractivity contribution is -0.115. The number of likely N-dealkylation sites (N-methyl/N-ethyl adjacent to an activating group) is 1. The molecule has 30 heavy (non-hydrogen) atoms. The summed E-state index contributed by atoms with van der Waals surface area (Å²) in [7, 11) is 2.07. The summed E-state index contributed by atoms with van der Waals surface area (Å²) in [6, 6.07) is 20.8. The number of amides is 1. The van der Waals surface area contributed by atoms with Crippen LogP contribution in [0.1, 0.15) is 40.8 Å². The van der Waals surface area contributed by atoms with E-state index >= 15 is 0 Å². The number of aryl methyl sites for hydroxylation is 1. The molecule has 4 nitrogen and oxygen atoms in total. The first-order valence-electron chi connectivity index (χ1n) is 10.3. The van der Waals surface area contributed by atoms with Crippen LogP contribution in [0.2, 0.25) is 0 Å². The van der Waals surface area contributed by atoms with E-state index in [0.29, 0.717) is 0 Å². The molecule has 2 unspecified atom stereocenters. The van der Waals surface area contributed by atoms with E-state index in [2.05, 4.69) is 61.3 Å². The number of anilines is 3. The predicted molar refractivity (Wildman–Crippen MR) is 119 cm³/mol. The SMILES string of the molecule is CC(=O)N(c1ccc(C)cc1)c1ccc2c3c1C1OC(C=C3c3ccccc31)N2C. The van der Waals surface area contributed by atoms with Crippen molar-refractivity contribution < 1.29 is 9.53 Å². The van der Waals surface area contributed by atoms with Crippen LogP contribution in [0, 0.1) is 6.92 Å². The van der Waals surface area contributed by atoms with Crippen LogP contribution in [0.5, 0.6) is 0 Å². The fourth-order valence-electron chi connectivity index (χ4n) is 5.06. The Morgan fingerprint density at radius 3 is 2.57 bits per heavy atom. The molecule has 0 radical (unpaired) electrons. The smallest absolute Gasteiger partial charge is 0.228 e. The standard InChI is InChI=1S/C26H22N2O2/c1-15-8-10-17(11-9-15)28(16(2)29)22-13-12-21-24-20-14-23(27(21)3)30-26(25(22)24)19-7-5-4-6-18(19)20/h4-14,23,26H,1-3H3. The Bertz CT molecular complexity index is 1240. The first-order valence-corrected chi connectivity index (χ1v) is 10.3. The van der Waals surface area contributed by atoms with Crippen molar-refractivity contribution in [3.05, 3.63) is 94.6 Å². The predicted octanol–water partition coefficient (Wildman–Crippen LogP) is 5.32. The molecule has 0 aromatic heterocycles. The zero-order valence-electron chi connectivity index (χ0n) is 17.2. The van der Waals surface area contributed by atoms with Crippen LogP contribution >= 0.6 is 0 Å². The lowest BCUT2D eigenvalue weighted by Gasteiger charge is -2.34. The molecule has 4 heteroatoms. The minimum Gasteiger partial charge on any atom is -0.345 e. The fourth-order valence-corrected chi connectivity index (χ4v) is 5.06. The number of rotatable bonds is 2. The maximum atomic E-state index is 12.9. The highest BCUT2D eigenvalue weighted by molar-refractivity contribution is 6.04. The Balaban J connectivity index is 1.65. The summed E-state index contributed by atoms with van der Waals surface area (Å²) in [5.41, 5.74) is 9.96. The Kier molecular flexibility index (Phi) is 3.54. The van der Waals surface area contributed by atoms with Crippen LogP contribution in [-0.2, 0) is 9.53 Å². The first kappa shape index (κ1) is 17.5. The van der Waals surface area contributed by atoms with Gasteiger partial charge in [-0.1, -0.05) is 42.0 Å². The second-order valence-electron chi connectivity index (χ2n) is 8.27. The van der Waals surface area contributed by atoms with Crippen molar-refractivity contribution in [2.45, 2.75) is 26.2 Å². The molecular weight excluding hydrogens is 372 g/mol. The van der Waals surface area contributed by atoms with Gasteiger partial charge in [-0.25, -0.2) is 0 Å². The minimum absolute atomic E-state index is 0.0136. The molecule has 3 aromatic carbocycles. The topological polar surface area (TPSA) is 32.8 Å². The Morgan fingerprint density at radius 1 is 1.03 bits per heavy atom. The fraction of sp³-hybridized carbons (Fsp3) is 0.192. The van der Waals surface area contributed by atoms with Crippen molar-refractivity contribution in [1.29, 1.82) is 0 Å². The monoisotopic (exact) mass is 394 g/mol. The summed E-state index contributed by atoms with van der Waals surface area (Å²) in [6.07, 6.45) is 1.88. The van der Waals surface area contributed by atoms with Crippen molar-refractivity contribution >= 4 is 28.5 Å². The second kappa shape index (κ2) is 6.07. The van der Waals surface area contributed by atoms with Gasteiger partial charge in [0.25, 0.3) is 0 Å². The van der Waals surface area contributed by atoms with Gasteiger partial charge >= 0.3 is 0 Å². The molecule has 148 valence electrons. The summed E-state index contributed by atoms with van der Waals surface area (Å²) < 4.78 is 6.63. The molecule has 3 aromatic rings. The molecule has 8 rings (SSSR count). The van der Waals surface area contributed by atoms with Gasteiger partial charge in [0.2, 0.25) is 5.91 Å². The van der Waals surface area contributed by atoms with Gasteiger partial charge in [-0.2, -0.15) is 0 Å². The average molecular weight is 394 g/mol. The first-order chi connectivity index (χ1) is 14.5. The van der Waals surface area contributed by atoms with E-state index in [1.54, 1.807) is 6.92 Å². The third-order valence-corrected chi connectivity index (χ3v) is 6.46. The molecule has 6 bridgehead atoms. The van der Waals surface area contributed by atoms with Crippen LogP contribution in [0.25, 0.3) is 5.57 Å². The molecule has 0 N–H and O–H groups in total. The summed E-state index contributed by atoms with van der Waals surface area (Å²) in [5.74, 6) is -0.0136. The number of hydrogen-bond donors (Lipinski definition) is 0. The number of hydrogen-bond acceptors (Lipinski definition) is 3. The Labute approximate surface area is 176 Å². The Morgan fingerprint density at radius 2 is 1.80 bits per heavy atom. The van der Waals surface area contributed by atoms with Gasteiger partial charge in [-0.05, 0) is 54.0 Å². The molecule has 4 heterocycles. The number of benzene rings is 3. The van der Waals surface area contributed by atoms with Crippen molar-refractivity contribution in [3.63, 3.8) is 0 Å². The van der Waals surface area contributed by atoms with Gasteiger partial charge in [0, 0.05) is 36.5 Å². The van der Waals surface area contributed by atoms with Crippen molar-refractivity contribution in [1.82, 2.24) is 0 Å². The molecule has 0 saturated carbocycles. The van der Waals surface area contributed by atoms with Gasteiger partial charge in [0.05, 0.1) is 5.69 Å². The number of carbonyl (C=O) groups excluding carboxylic acids is 1. The highest BCUT2D eigenvalue weighted by Gasteiger charge is 2.44. The molecule has 2 atom stereocenters. The van der Waals surface area contributed by atoms with Crippen LogP contribution < -0.4 is 9.80 Å². The van der Waals surface area contributed by atoms with Gasteiger partial charge in [-0.15, -0.1) is 0 Å². The van der Waals surface area contributed by atoms with Crippen molar-refractivity contribution in [2.75, 3.05) is 16.8 Å². The lowest BCUT2D eigenvalue weighted by atomic mass is 9.78. The zero-order chi connectivity index (χ0) is 20.6. The summed E-state index contributed by atoms with van der Waals surface area (Å²) >= 11 is 0. The molecular formula is C26H22N2O2. The maximum absolute atomic E-state index is 12.9. The van der Waals surface area contributed by atoms with Crippen molar-refractivity contribution in [3.8, 4) is 0 Å². The summed E-state index contributed by atoms with van der Waals surface area (Å²) in [4.78, 5) is 16.9. The number of carbonyl (C=O) groups is 1. The molecule has 0 spiro atoms. The number of ether oxygens (including phenoxy) is 1. The van der Waals surface area contributed by atoms with Gasteiger partial charge in [0.15, 0.2) is 6.23 Å². The molecule has 0 saturated heterocycles. The Hall–Kier alpha value is -3.37. The van der Waals surface area contributed by atoms with Crippen molar-refractivity contribution in [2.24, 2.45) is 0 Å². The van der Waals surface area contributed by atoms with E-state index < -0.39 is 0 Å². The number of nitrogens with zero attached hydrogens (tertiary/aromatic N) is 2. The van der Waals surface area contributed by atoms with E-state index in [1.165, 1.54) is 27.8 Å². The lowest BCUT2D eigenvalue weighted by Crippen LogP contribution is -2.33. The average Bonchev–Trinajstić information content (AvgIpc) is 3.04. The van der Waals surface area contributed by atoms with E-state index in [1.807, 2.05) is 29.2 Å². The quantitative estimate of drug-likeness (QED) is 0.590. The molecule has 4 aliphatic heterocycles.